The molecule has 0 heterocycles. The van der Waals surface area contributed by atoms with Crippen LogP contribution in [0, 0.1) is 22.6 Å². The number of amides is 1. The van der Waals surface area contributed by atoms with E-state index in [1.54, 1.807) is 24.1 Å². The number of carbonyl (C=O) groups is 1. The number of nitrogens with zero attached hydrogens (tertiary/aromatic N) is 2. The van der Waals surface area contributed by atoms with Gasteiger partial charge in [-0.1, -0.05) is 37.8 Å². The molecule has 21 heavy (non-hydrogen) atoms. The molecule has 1 aliphatic rings. The van der Waals surface area contributed by atoms with Gasteiger partial charge < -0.3 is 4.90 Å². The van der Waals surface area contributed by atoms with Crippen LogP contribution < -0.4 is 0 Å². The number of benzene rings is 1. The molecule has 4 heteroatoms. The molecule has 1 aromatic carbocycles. The Morgan fingerprint density at radius 1 is 1.24 bits per heavy atom. The van der Waals surface area contributed by atoms with Crippen LogP contribution in [0.15, 0.2) is 24.3 Å². The van der Waals surface area contributed by atoms with Crippen molar-refractivity contribution in [3.63, 3.8) is 0 Å². The molecule has 1 amide bonds. The van der Waals surface area contributed by atoms with Crippen molar-refractivity contribution in [1.29, 1.82) is 5.26 Å². The molecule has 3 nitrogen and oxygen atoms in total. The molecule has 1 aliphatic carbocycles. The Hall–Kier alpha value is -1.89. The minimum Gasteiger partial charge on any atom is -0.340 e. The molecule has 2 rings (SSSR count). The van der Waals surface area contributed by atoms with Gasteiger partial charge in [-0.2, -0.15) is 5.26 Å². The maximum Gasteiger partial charge on any atom is 0.243 e. The van der Waals surface area contributed by atoms with Gasteiger partial charge in [-0.25, -0.2) is 4.39 Å². The highest BCUT2D eigenvalue weighted by molar-refractivity contribution is 5.85. The van der Waals surface area contributed by atoms with E-state index in [-0.39, 0.29) is 11.7 Å². The zero-order valence-electron chi connectivity index (χ0n) is 12.4. The van der Waals surface area contributed by atoms with Gasteiger partial charge in [0.2, 0.25) is 5.91 Å². The van der Waals surface area contributed by atoms with E-state index in [1.807, 2.05) is 0 Å². The van der Waals surface area contributed by atoms with Crippen molar-refractivity contribution < 1.29 is 9.18 Å². The van der Waals surface area contributed by atoms with Crippen LogP contribution in [0.2, 0.25) is 0 Å². The summed E-state index contributed by atoms with van der Waals surface area (Å²) in [7, 11) is 1.72. The summed E-state index contributed by atoms with van der Waals surface area (Å²) in [5, 5.41) is 9.54. The van der Waals surface area contributed by atoms with Crippen LogP contribution in [0.1, 0.15) is 44.1 Å². The fraction of sp³-hybridized carbons (Fsp3) is 0.529. The number of nitriles is 1. The van der Waals surface area contributed by atoms with Gasteiger partial charge in [0, 0.05) is 13.6 Å². The SMILES string of the molecule is CN(Cc1ccc(F)cc1)C(=O)C1(C#N)CCCCCC1. The first kappa shape index (κ1) is 15.5. The third-order valence-corrected chi connectivity index (χ3v) is 4.26. The topological polar surface area (TPSA) is 44.1 Å². The molecule has 0 atom stereocenters. The van der Waals surface area contributed by atoms with Crippen LogP contribution in [-0.2, 0) is 11.3 Å². The zero-order chi connectivity index (χ0) is 15.3. The molecular formula is C17H21FN2O. The normalized spacial score (nSPS) is 17.6. The van der Waals surface area contributed by atoms with Crippen molar-refractivity contribution in [2.24, 2.45) is 5.41 Å². The van der Waals surface area contributed by atoms with Crippen LogP contribution in [0.4, 0.5) is 4.39 Å². The van der Waals surface area contributed by atoms with Crippen LogP contribution in [0.5, 0.6) is 0 Å². The maximum absolute atomic E-state index is 12.9. The molecule has 112 valence electrons. The Morgan fingerprint density at radius 2 is 1.81 bits per heavy atom. The standard InChI is InChI=1S/C17H21FN2O/c1-20(12-14-6-8-15(18)9-7-14)16(21)17(13-19)10-4-2-3-5-11-17/h6-9H,2-5,10-12H2,1H3. The highest BCUT2D eigenvalue weighted by Gasteiger charge is 2.40. The minimum atomic E-state index is -0.870. The second-order valence-corrected chi connectivity index (χ2v) is 5.90. The van der Waals surface area contributed by atoms with Crippen molar-refractivity contribution >= 4 is 5.91 Å². The summed E-state index contributed by atoms with van der Waals surface area (Å²) in [5.74, 6) is -0.388. The number of hydrogen-bond donors (Lipinski definition) is 0. The Labute approximate surface area is 125 Å². The molecule has 0 radical (unpaired) electrons. The lowest BCUT2D eigenvalue weighted by atomic mass is 9.80. The Morgan fingerprint density at radius 3 is 2.33 bits per heavy atom. The van der Waals surface area contributed by atoms with Crippen molar-refractivity contribution in [2.45, 2.75) is 45.1 Å². The van der Waals surface area contributed by atoms with Gasteiger partial charge in [0.05, 0.1) is 6.07 Å². The van der Waals surface area contributed by atoms with E-state index < -0.39 is 5.41 Å². The Balaban J connectivity index is 2.09. The highest BCUT2D eigenvalue weighted by atomic mass is 19.1. The van der Waals surface area contributed by atoms with Crippen LogP contribution >= 0.6 is 0 Å². The van der Waals surface area contributed by atoms with E-state index >= 15 is 0 Å². The van der Waals surface area contributed by atoms with E-state index in [2.05, 4.69) is 6.07 Å². The zero-order valence-corrected chi connectivity index (χ0v) is 12.4. The van der Waals surface area contributed by atoms with E-state index in [4.69, 9.17) is 0 Å². The van der Waals surface area contributed by atoms with Crippen molar-refractivity contribution in [3.8, 4) is 6.07 Å². The Bertz CT molecular complexity index is 525. The quantitative estimate of drug-likeness (QED) is 0.797. The predicted molar refractivity (Wildman–Crippen MR) is 78.6 cm³/mol. The van der Waals surface area contributed by atoms with Gasteiger partial charge in [0.1, 0.15) is 11.2 Å². The minimum absolute atomic E-state index is 0.101. The summed E-state index contributed by atoms with van der Waals surface area (Å²) in [6.45, 7) is 0.405. The van der Waals surface area contributed by atoms with Gasteiger partial charge in [-0.05, 0) is 30.5 Å². The average molecular weight is 288 g/mol. The van der Waals surface area contributed by atoms with Crippen LogP contribution in [0.25, 0.3) is 0 Å². The smallest absolute Gasteiger partial charge is 0.243 e. The lowest BCUT2D eigenvalue weighted by molar-refractivity contribution is -0.138. The fourth-order valence-electron chi connectivity index (χ4n) is 3.01. The summed E-state index contributed by atoms with van der Waals surface area (Å²) in [6.07, 6.45) is 5.36. The molecule has 0 bridgehead atoms. The van der Waals surface area contributed by atoms with E-state index in [0.29, 0.717) is 19.4 Å². The predicted octanol–water partition coefficient (Wildman–Crippen LogP) is 3.65. The summed E-state index contributed by atoms with van der Waals surface area (Å²) in [5.41, 5.74) is -0.000353. The number of carbonyl (C=O) groups excluding carboxylic acids is 1. The largest absolute Gasteiger partial charge is 0.340 e. The molecule has 0 unspecified atom stereocenters. The van der Waals surface area contributed by atoms with Crippen molar-refractivity contribution in [3.05, 3.63) is 35.6 Å². The van der Waals surface area contributed by atoms with Gasteiger partial charge in [-0.15, -0.1) is 0 Å². The summed E-state index contributed by atoms with van der Waals surface area (Å²) in [6, 6.07) is 8.40. The van der Waals surface area contributed by atoms with Crippen LogP contribution in [0.3, 0.4) is 0 Å². The Kier molecular flexibility index (Phi) is 4.95. The molecule has 0 saturated heterocycles. The summed E-state index contributed by atoms with van der Waals surface area (Å²) >= 11 is 0. The maximum atomic E-state index is 12.9. The van der Waals surface area contributed by atoms with Crippen molar-refractivity contribution in [2.75, 3.05) is 7.05 Å². The van der Waals surface area contributed by atoms with Crippen LogP contribution in [-0.4, -0.2) is 17.9 Å². The van der Waals surface area contributed by atoms with Gasteiger partial charge in [0.15, 0.2) is 0 Å². The van der Waals surface area contributed by atoms with E-state index in [9.17, 15) is 14.4 Å². The van der Waals surface area contributed by atoms with Gasteiger partial charge in [-0.3, -0.25) is 4.79 Å². The number of halogens is 1. The second kappa shape index (κ2) is 6.71. The van der Waals surface area contributed by atoms with E-state index in [1.165, 1.54) is 12.1 Å². The molecule has 0 aliphatic heterocycles. The average Bonchev–Trinajstić information content (AvgIpc) is 2.75. The third kappa shape index (κ3) is 3.60. The van der Waals surface area contributed by atoms with Crippen molar-refractivity contribution in [1.82, 2.24) is 4.90 Å². The molecular weight excluding hydrogens is 267 g/mol. The molecule has 0 aromatic heterocycles. The first-order valence-corrected chi connectivity index (χ1v) is 7.49. The van der Waals surface area contributed by atoms with E-state index in [0.717, 1.165) is 31.2 Å². The fourth-order valence-corrected chi connectivity index (χ4v) is 3.01. The molecule has 0 spiro atoms. The monoisotopic (exact) mass is 288 g/mol. The highest BCUT2D eigenvalue weighted by Crippen LogP contribution is 2.36. The summed E-state index contributed by atoms with van der Waals surface area (Å²) < 4.78 is 12.9. The lowest BCUT2D eigenvalue weighted by Crippen LogP contribution is -2.40. The second-order valence-electron chi connectivity index (χ2n) is 5.90. The molecule has 1 fully saturated rings. The lowest BCUT2D eigenvalue weighted by Gasteiger charge is -2.29. The molecule has 1 saturated carbocycles. The first-order valence-electron chi connectivity index (χ1n) is 7.49. The third-order valence-electron chi connectivity index (χ3n) is 4.26. The van der Waals surface area contributed by atoms with Gasteiger partial charge in [0.25, 0.3) is 0 Å². The number of hydrogen-bond acceptors (Lipinski definition) is 2. The molecule has 0 N–H and O–H groups in total. The first-order chi connectivity index (χ1) is 10.1. The number of rotatable bonds is 3. The van der Waals surface area contributed by atoms with Gasteiger partial charge >= 0.3 is 0 Å². The molecule has 1 aromatic rings. The summed E-state index contributed by atoms with van der Waals surface area (Å²) in [4.78, 5) is 14.3.